The Morgan fingerprint density at radius 3 is 3.00 bits per heavy atom. The minimum absolute atomic E-state index is 0.0104. The molecule has 1 aliphatic heterocycles. The van der Waals surface area contributed by atoms with Crippen LogP contribution in [0.3, 0.4) is 0 Å². The standard InChI is InChI=1S/C15H14BrN3O2/c1-18-14-8-11(13-3-2-6-21-13)17-19(14)12-7-9(16)4-5-10(12)15(18)20/h4-5,7-8,13H,2-3,6H2,1H3. The number of aromatic nitrogens is 3. The second-order valence-electron chi connectivity index (χ2n) is 5.37. The molecule has 3 aromatic rings. The van der Waals surface area contributed by atoms with Gasteiger partial charge >= 0.3 is 0 Å². The third-order valence-corrected chi connectivity index (χ3v) is 4.53. The molecule has 4 rings (SSSR count). The molecule has 0 bridgehead atoms. The highest BCUT2D eigenvalue weighted by Gasteiger charge is 2.22. The van der Waals surface area contributed by atoms with Crippen LogP contribution in [0.4, 0.5) is 0 Å². The van der Waals surface area contributed by atoms with Crippen molar-refractivity contribution in [2.75, 3.05) is 6.61 Å². The maximum Gasteiger partial charge on any atom is 0.261 e. The van der Waals surface area contributed by atoms with Crippen molar-refractivity contribution in [3.8, 4) is 0 Å². The molecular formula is C15H14BrN3O2. The number of benzene rings is 1. The summed E-state index contributed by atoms with van der Waals surface area (Å²) in [5.74, 6) is 0. The lowest BCUT2D eigenvalue weighted by Crippen LogP contribution is -2.19. The molecule has 1 saturated heterocycles. The number of hydrogen-bond donors (Lipinski definition) is 0. The lowest BCUT2D eigenvalue weighted by Gasteiger charge is -2.06. The first-order chi connectivity index (χ1) is 10.1. The highest BCUT2D eigenvalue weighted by Crippen LogP contribution is 2.29. The van der Waals surface area contributed by atoms with E-state index < -0.39 is 0 Å². The van der Waals surface area contributed by atoms with Gasteiger partial charge in [-0.2, -0.15) is 5.10 Å². The van der Waals surface area contributed by atoms with E-state index >= 15 is 0 Å². The topological polar surface area (TPSA) is 48.5 Å². The van der Waals surface area contributed by atoms with E-state index in [9.17, 15) is 4.79 Å². The van der Waals surface area contributed by atoms with Gasteiger partial charge in [-0.05, 0) is 31.0 Å². The molecule has 5 nitrogen and oxygen atoms in total. The quantitative estimate of drug-likeness (QED) is 0.680. The minimum Gasteiger partial charge on any atom is -0.372 e. The minimum atomic E-state index is -0.0104. The van der Waals surface area contributed by atoms with E-state index in [1.165, 1.54) is 0 Å². The number of rotatable bonds is 1. The molecule has 1 aromatic carbocycles. The summed E-state index contributed by atoms with van der Waals surface area (Å²) < 4.78 is 10.1. The van der Waals surface area contributed by atoms with Crippen LogP contribution >= 0.6 is 15.9 Å². The summed E-state index contributed by atoms with van der Waals surface area (Å²) in [6.45, 7) is 0.782. The predicted molar refractivity (Wildman–Crippen MR) is 83.6 cm³/mol. The van der Waals surface area contributed by atoms with Crippen LogP contribution in [-0.4, -0.2) is 20.8 Å². The molecule has 108 valence electrons. The number of fused-ring (bicyclic) bond motifs is 3. The highest BCUT2D eigenvalue weighted by atomic mass is 79.9. The van der Waals surface area contributed by atoms with Gasteiger partial charge in [-0.25, -0.2) is 4.52 Å². The van der Waals surface area contributed by atoms with E-state index in [4.69, 9.17) is 4.74 Å². The second kappa shape index (κ2) is 4.68. The van der Waals surface area contributed by atoms with Crippen LogP contribution in [0.25, 0.3) is 16.6 Å². The zero-order valence-corrected chi connectivity index (χ0v) is 13.1. The van der Waals surface area contributed by atoms with Crippen LogP contribution in [0.2, 0.25) is 0 Å². The molecule has 6 heteroatoms. The first kappa shape index (κ1) is 13.0. The van der Waals surface area contributed by atoms with Gasteiger partial charge in [-0.15, -0.1) is 0 Å². The molecule has 1 atom stereocenters. The van der Waals surface area contributed by atoms with Crippen molar-refractivity contribution < 1.29 is 4.74 Å². The van der Waals surface area contributed by atoms with Crippen molar-refractivity contribution in [3.05, 3.63) is 44.8 Å². The monoisotopic (exact) mass is 347 g/mol. The Kier molecular flexibility index (Phi) is 2.90. The molecule has 0 amide bonds. The maximum absolute atomic E-state index is 12.5. The van der Waals surface area contributed by atoms with Crippen molar-refractivity contribution >= 4 is 32.5 Å². The predicted octanol–water partition coefficient (Wildman–Crippen LogP) is 2.80. The lowest BCUT2D eigenvalue weighted by molar-refractivity contribution is 0.108. The van der Waals surface area contributed by atoms with Crippen molar-refractivity contribution in [2.24, 2.45) is 7.05 Å². The molecule has 21 heavy (non-hydrogen) atoms. The van der Waals surface area contributed by atoms with Crippen molar-refractivity contribution in [3.63, 3.8) is 0 Å². The number of halogens is 1. The summed E-state index contributed by atoms with van der Waals surface area (Å²) in [7, 11) is 1.78. The average Bonchev–Trinajstić information content (AvgIpc) is 3.13. The van der Waals surface area contributed by atoms with E-state index in [1.807, 2.05) is 28.8 Å². The fourth-order valence-electron chi connectivity index (χ4n) is 2.92. The summed E-state index contributed by atoms with van der Waals surface area (Å²) in [6.07, 6.45) is 2.09. The van der Waals surface area contributed by atoms with Gasteiger partial charge in [-0.1, -0.05) is 15.9 Å². The molecule has 0 spiro atoms. The number of nitrogens with zero attached hydrogens (tertiary/aromatic N) is 3. The molecule has 3 heterocycles. The zero-order chi connectivity index (χ0) is 14.6. The number of hydrogen-bond acceptors (Lipinski definition) is 3. The van der Waals surface area contributed by atoms with Gasteiger partial charge in [0.1, 0.15) is 11.8 Å². The summed E-state index contributed by atoms with van der Waals surface area (Å²) >= 11 is 3.46. The summed E-state index contributed by atoms with van der Waals surface area (Å²) in [5.41, 5.74) is 2.49. The Morgan fingerprint density at radius 1 is 1.38 bits per heavy atom. The van der Waals surface area contributed by atoms with Crippen molar-refractivity contribution in [1.29, 1.82) is 0 Å². The van der Waals surface area contributed by atoms with Gasteiger partial charge < -0.3 is 4.74 Å². The van der Waals surface area contributed by atoms with Crippen molar-refractivity contribution in [2.45, 2.75) is 18.9 Å². The van der Waals surface area contributed by atoms with Gasteiger partial charge in [0.05, 0.1) is 16.6 Å². The first-order valence-corrected chi connectivity index (χ1v) is 7.74. The Labute approximate surface area is 129 Å². The van der Waals surface area contributed by atoms with Crippen LogP contribution in [0.5, 0.6) is 0 Å². The van der Waals surface area contributed by atoms with E-state index in [2.05, 4.69) is 21.0 Å². The summed E-state index contributed by atoms with van der Waals surface area (Å²) in [5, 5.41) is 5.34. The summed E-state index contributed by atoms with van der Waals surface area (Å²) in [6, 6.07) is 7.59. The number of ether oxygens (including phenoxy) is 1. The Bertz CT molecular complexity index is 907. The van der Waals surface area contributed by atoms with E-state index in [0.29, 0.717) is 5.39 Å². The fraction of sp³-hybridized carbons (Fsp3) is 0.333. The molecule has 1 fully saturated rings. The van der Waals surface area contributed by atoms with Gasteiger partial charge in [-0.3, -0.25) is 9.36 Å². The zero-order valence-electron chi connectivity index (χ0n) is 11.5. The second-order valence-corrected chi connectivity index (χ2v) is 6.28. The Hall–Kier alpha value is -1.66. The fourth-order valence-corrected chi connectivity index (χ4v) is 3.27. The van der Waals surface area contributed by atoms with Crippen LogP contribution in [0.15, 0.2) is 33.5 Å². The average molecular weight is 348 g/mol. The normalized spacial score (nSPS) is 18.9. The molecule has 1 aliphatic rings. The van der Waals surface area contributed by atoms with Crippen molar-refractivity contribution in [1.82, 2.24) is 14.2 Å². The van der Waals surface area contributed by atoms with Crippen LogP contribution < -0.4 is 5.56 Å². The third kappa shape index (κ3) is 1.93. The third-order valence-electron chi connectivity index (χ3n) is 4.04. The Balaban J connectivity index is 2.08. The molecule has 1 unspecified atom stereocenters. The van der Waals surface area contributed by atoms with E-state index in [0.717, 1.165) is 40.8 Å². The van der Waals surface area contributed by atoms with Crippen LogP contribution in [0, 0.1) is 0 Å². The highest BCUT2D eigenvalue weighted by molar-refractivity contribution is 9.10. The maximum atomic E-state index is 12.5. The molecule has 2 aromatic heterocycles. The van der Waals surface area contributed by atoms with Gasteiger partial charge in [0.15, 0.2) is 0 Å². The van der Waals surface area contributed by atoms with Gasteiger partial charge in [0.2, 0.25) is 0 Å². The molecule has 0 aliphatic carbocycles. The van der Waals surface area contributed by atoms with Crippen LogP contribution in [-0.2, 0) is 11.8 Å². The smallest absolute Gasteiger partial charge is 0.261 e. The largest absolute Gasteiger partial charge is 0.372 e. The summed E-state index contributed by atoms with van der Waals surface area (Å²) in [4.78, 5) is 12.5. The first-order valence-electron chi connectivity index (χ1n) is 6.95. The van der Waals surface area contributed by atoms with E-state index in [1.54, 1.807) is 11.6 Å². The SMILES string of the molecule is Cn1c(=O)c2ccc(Br)cc2n2nc(C3CCCO3)cc12. The molecular weight excluding hydrogens is 334 g/mol. The van der Waals surface area contributed by atoms with Gasteiger partial charge in [0, 0.05) is 24.2 Å². The van der Waals surface area contributed by atoms with E-state index in [-0.39, 0.29) is 11.7 Å². The molecule has 0 radical (unpaired) electrons. The lowest BCUT2D eigenvalue weighted by atomic mass is 10.2. The Morgan fingerprint density at radius 2 is 2.24 bits per heavy atom. The number of aryl methyl sites for hydroxylation is 1. The van der Waals surface area contributed by atoms with Gasteiger partial charge in [0.25, 0.3) is 5.56 Å². The molecule has 0 N–H and O–H groups in total. The van der Waals surface area contributed by atoms with Crippen LogP contribution in [0.1, 0.15) is 24.6 Å². The molecule has 0 saturated carbocycles.